The molecule has 1 atom stereocenters. The van der Waals surface area contributed by atoms with Crippen LogP contribution >= 0.6 is 0 Å². The summed E-state index contributed by atoms with van der Waals surface area (Å²) in [5, 5.41) is 6.89. The third kappa shape index (κ3) is 25.2. The van der Waals surface area contributed by atoms with E-state index in [-0.39, 0.29) is 11.6 Å². The summed E-state index contributed by atoms with van der Waals surface area (Å²) < 4.78 is 0. The number of aliphatic imine (C=N–C) groups is 1. The Balaban J connectivity index is 1.96. The van der Waals surface area contributed by atoms with Gasteiger partial charge in [0, 0.05) is 12.8 Å². The van der Waals surface area contributed by atoms with E-state index in [4.69, 9.17) is 4.99 Å². The van der Waals surface area contributed by atoms with E-state index in [2.05, 4.69) is 55.7 Å². The van der Waals surface area contributed by atoms with Gasteiger partial charge in [-0.25, -0.2) is 0 Å². The van der Waals surface area contributed by atoms with Crippen LogP contribution in [0.3, 0.4) is 0 Å². The Morgan fingerprint density at radius 3 is 1.44 bits per heavy atom. The van der Waals surface area contributed by atoms with E-state index < -0.39 is 0 Å². The lowest BCUT2D eigenvalue weighted by Gasteiger charge is -2.30. The normalized spacial score (nSPS) is 16.6. The zero-order valence-electron chi connectivity index (χ0n) is 30.6. The van der Waals surface area contributed by atoms with Crippen LogP contribution in [-0.4, -0.2) is 24.0 Å². The van der Waals surface area contributed by atoms with Crippen LogP contribution in [0.5, 0.6) is 0 Å². The van der Waals surface area contributed by atoms with Gasteiger partial charge in [0.05, 0.1) is 12.4 Å². The van der Waals surface area contributed by atoms with E-state index in [9.17, 15) is 4.79 Å². The molecule has 0 aromatic carbocycles. The van der Waals surface area contributed by atoms with Crippen LogP contribution in [0.4, 0.5) is 0 Å². The maximum Gasteiger partial charge on any atom is 0.221 e. The Labute approximate surface area is 281 Å². The van der Waals surface area contributed by atoms with Crippen LogP contribution < -0.4 is 10.6 Å². The first-order valence-corrected chi connectivity index (χ1v) is 20.1. The molecule has 45 heavy (non-hydrogen) atoms. The highest BCUT2D eigenvalue weighted by molar-refractivity contribution is 5.86. The molecule has 0 saturated carbocycles. The lowest BCUT2D eigenvalue weighted by atomic mass is 10.1. The second-order valence-electron chi connectivity index (χ2n) is 13.9. The van der Waals surface area contributed by atoms with Crippen molar-refractivity contribution in [2.45, 2.75) is 219 Å². The molecule has 0 bridgehead atoms. The Kier molecular flexibility index (Phi) is 28.6. The lowest BCUT2D eigenvalue weighted by Crippen LogP contribution is -2.58. The lowest BCUT2D eigenvalue weighted by molar-refractivity contribution is -0.123. The van der Waals surface area contributed by atoms with Crippen LogP contribution in [-0.2, 0) is 4.79 Å². The summed E-state index contributed by atoms with van der Waals surface area (Å²) in [4.78, 5) is 17.5. The van der Waals surface area contributed by atoms with Crippen LogP contribution in [0, 0.1) is 0 Å². The number of carbonyl (C=O) groups is 1. The predicted molar refractivity (Wildman–Crippen MR) is 200 cm³/mol. The average molecular weight is 628 g/mol. The average Bonchev–Trinajstić information content (AvgIpc) is 3.45. The maximum absolute atomic E-state index is 12.7. The molecule has 262 valence electrons. The molecule has 4 heteroatoms. The zero-order chi connectivity index (χ0) is 32.5. The number of rotatable bonds is 33. The molecule has 0 aromatic rings. The molecule has 1 aliphatic heterocycles. The van der Waals surface area contributed by atoms with Crippen molar-refractivity contribution in [3.63, 3.8) is 0 Å². The molecule has 1 rings (SSSR count). The van der Waals surface area contributed by atoms with Gasteiger partial charge in [-0.3, -0.25) is 9.79 Å². The minimum atomic E-state index is -0.364. The molecule has 2 N–H and O–H groups in total. The Hall–Kier alpha value is -1.58. The van der Waals surface area contributed by atoms with Gasteiger partial charge in [0.25, 0.3) is 0 Å². The summed E-state index contributed by atoms with van der Waals surface area (Å²) in [6, 6.07) is 0. The number of hydrogen-bond acceptors (Lipinski definition) is 3. The highest BCUT2D eigenvalue weighted by atomic mass is 16.1. The fourth-order valence-electron chi connectivity index (χ4n) is 6.31. The number of nitrogens with one attached hydrogen (secondary N) is 2. The van der Waals surface area contributed by atoms with E-state index >= 15 is 0 Å². The number of carbonyl (C=O) groups excluding carboxylic acids is 1. The molecule has 0 aliphatic carbocycles. The van der Waals surface area contributed by atoms with E-state index in [1.807, 2.05) is 0 Å². The molecular formula is C41H77N3O. The summed E-state index contributed by atoms with van der Waals surface area (Å²) in [6.45, 7) is 7.38. The first-order chi connectivity index (χ1) is 22.2. The quantitative estimate of drug-likeness (QED) is 0.0562. The van der Waals surface area contributed by atoms with E-state index in [1.165, 1.54) is 161 Å². The zero-order valence-corrected chi connectivity index (χ0v) is 30.6. The summed E-state index contributed by atoms with van der Waals surface area (Å²) >= 11 is 0. The summed E-state index contributed by atoms with van der Waals surface area (Å²) in [5.41, 5.74) is -0.364. The summed E-state index contributed by atoms with van der Waals surface area (Å²) in [6.07, 6.45) is 47.4. The van der Waals surface area contributed by atoms with Crippen molar-refractivity contribution in [3.05, 3.63) is 24.3 Å². The molecule has 0 saturated heterocycles. The number of amides is 1. The molecule has 0 spiro atoms. The van der Waals surface area contributed by atoms with Gasteiger partial charge >= 0.3 is 0 Å². The summed E-state index contributed by atoms with van der Waals surface area (Å²) in [5.74, 6) is 1.27. The van der Waals surface area contributed by atoms with Gasteiger partial charge < -0.3 is 10.6 Å². The first kappa shape index (κ1) is 41.4. The number of amidine groups is 1. The molecule has 4 nitrogen and oxygen atoms in total. The molecule has 1 aliphatic rings. The maximum atomic E-state index is 12.7. The third-order valence-corrected chi connectivity index (χ3v) is 9.50. The Morgan fingerprint density at radius 2 is 1.00 bits per heavy atom. The van der Waals surface area contributed by atoms with Crippen molar-refractivity contribution in [1.82, 2.24) is 10.6 Å². The molecule has 1 unspecified atom stereocenters. The van der Waals surface area contributed by atoms with Crippen LogP contribution in [0.1, 0.15) is 213 Å². The fourth-order valence-corrected chi connectivity index (χ4v) is 6.31. The standard InChI is InChI=1S/C41H77N3O/c1-4-7-9-11-13-15-17-19-21-23-24-26-28-30-32-34-36-39-42-38-41(6-3,43-39)44-40(45)37-35-33-31-29-27-25-22-20-18-16-14-12-10-8-5-2/h19-22H,4-18,23-38H2,1-3H3,(H,42,43)(H,44,45)/b21-19-,22-20-. The second-order valence-corrected chi connectivity index (χ2v) is 13.9. The monoisotopic (exact) mass is 628 g/mol. The van der Waals surface area contributed by atoms with Crippen molar-refractivity contribution in [2.24, 2.45) is 4.99 Å². The van der Waals surface area contributed by atoms with Gasteiger partial charge in [-0.15, -0.1) is 0 Å². The highest BCUT2D eigenvalue weighted by Gasteiger charge is 2.34. The van der Waals surface area contributed by atoms with E-state index in [0.717, 1.165) is 31.5 Å². The predicted octanol–water partition coefficient (Wildman–Crippen LogP) is 12.7. The van der Waals surface area contributed by atoms with Crippen molar-refractivity contribution < 1.29 is 4.79 Å². The van der Waals surface area contributed by atoms with Crippen molar-refractivity contribution in [1.29, 1.82) is 0 Å². The number of nitrogens with zero attached hydrogens (tertiary/aromatic N) is 1. The Morgan fingerprint density at radius 1 is 0.600 bits per heavy atom. The third-order valence-electron chi connectivity index (χ3n) is 9.50. The topological polar surface area (TPSA) is 53.5 Å². The van der Waals surface area contributed by atoms with Crippen LogP contribution in [0.2, 0.25) is 0 Å². The smallest absolute Gasteiger partial charge is 0.221 e. The molecule has 0 fully saturated rings. The number of allylic oxidation sites excluding steroid dienone is 4. The minimum absolute atomic E-state index is 0.177. The van der Waals surface area contributed by atoms with Crippen molar-refractivity contribution in [3.8, 4) is 0 Å². The van der Waals surface area contributed by atoms with Crippen LogP contribution in [0.15, 0.2) is 29.3 Å². The van der Waals surface area contributed by atoms with Gasteiger partial charge in [0.15, 0.2) is 0 Å². The van der Waals surface area contributed by atoms with Gasteiger partial charge in [-0.2, -0.15) is 0 Å². The number of hydrogen-bond donors (Lipinski definition) is 2. The molecular weight excluding hydrogens is 550 g/mol. The van der Waals surface area contributed by atoms with Gasteiger partial charge in [-0.05, 0) is 70.6 Å². The fraction of sp³-hybridized carbons (Fsp3) is 0.854. The molecule has 1 heterocycles. The van der Waals surface area contributed by atoms with E-state index in [0.29, 0.717) is 13.0 Å². The van der Waals surface area contributed by atoms with Crippen molar-refractivity contribution in [2.75, 3.05) is 6.54 Å². The highest BCUT2D eigenvalue weighted by Crippen LogP contribution is 2.18. The second kappa shape index (κ2) is 31.0. The molecule has 0 radical (unpaired) electrons. The number of unbranched alkanes of at least 4 members (excludes halogenated alkanes) is 23. The largest absolute Gasteiger partial charge is 0.350 e. The van der Waals surface area contributed by atoms with Gasteiger partial charge in [0.1, 0.15) is 5.66 Å². The summed E-state index contributed by atoms with van der Waals surface area (Å²) in [7, 11) is 0. The minimum Gasteiger partial charge on any atom is -0.350 e. The first-order valence-electron chi connectivity index (χ1n) is 20.1. The van der Waals surface area contributed by atoms with E-state index in [1.54, 1.807) is 0 Å². The van der Waals surface area contributed by atoms with Gasteiger partial charge in [-0.1, -0.05) is 154 Å². The van der Waals surface area contributed by atoms with Gasteiger partial charge in [0.2, 0.25) is 5.91 Å². The Bertz CT molecular complexity index is 758. The molecule has 1 amide bonds. The SMILES string of the molecule is CCCCCCCC/C=C\CCCCCCCCC1=NCC(CC)(NC(=O)CCCCCCC/C=C\CCCCCCCC)N1. The molecule has 0 aromatic heterocycles. The van der Waals surface area contributed by atoms with Crippen molar-refractivity contribution >= 4 is 11.7 Å². The van der Waals surface area contributed by atoms with Crippen LogP contribution in [0.25, 0.3) is 0 Å².